The number of hydrogen-bond acceptors (Lipinski definition) is 2. The Morgan fingerprint density at radius 3 is 2.71 bits per heavy atom. The largest absolute Gasteiger partial charge is 0.353 e. The maximum absolute atomic E-state index is 11.8. The first kappa shape index (κ1) is 13.7. The average Bonchev–Trinajstić information content (AvgIpc) is 2.27. The first-order valence-corrected chi connectivity index (χ1v) is 6.08. The van der Waals surface area contributed by atoms with Crippen LogP contribution in [-0.4, -0.2) is 18.5 Å². The zero-order chi connectivity index (χ0) is 12.8. The van der Waals surface area contributed by atoms with E-state index in [-0.39, 0.29) is 11.9 Å². The lowest BCUT2D eigenvalue weighted by atomic mass is 10.0. The second-order valence-electron chi connectivity index (χ2n) is 4.74. The van der Waals surface area contributed by atoms with Crippen LogP contribution in [-0.2, 0) is 11.2 Å². The fraction of sp³-hybridized carbons (Fsp3) is 0.500. The van der Waals surface area contributed by atoms with Crippen molar-refractivity contribution in [2.24, 2.45) is 11.7 Å². The summed E-state index contributed by atoms with van der Waals surface area (Å²) < 4.78 is 0. The van der Waals surface area contributed by atoms with Crippen LogP contribution < -0.4 is 11.1 Å². The van der Waals surface area contributed by atoms with Crippen molar-refractivity contribution in [3.63, 3.8) is 0 Å². The first-order chi connectivity index (χ1) is 8.02. The molecule has 3 N–H and O–H groups in total. The van der Waals surface area contributed by atoms with E-state index in [4.69, 9.17) is 5.73 Å². The van der Waals surface area contributed by atoms with Crippen LogP contribution in [0.25, 0.3) is 0 Å². The first-order valence-electron chi connectivity index (χ1n) is 6.08. The zero-order valence-corrected chi connectivity index (χ0v) is 10.9. The minimum Gasteiger partial charge on any atom is -0.353 e. The smallest absolute Gasteiger partial charge is 0.224 e. The van der Waals surface area contributed by atoms with Crippen LogP contribution in [0.4, 0.5) is 0 Å². The van der Waals surface area contributed by atoms with E-state index in [2.05, 4.69) is 5.32 Å². The van der Waals surface area contributed by atoms with Gasteiger partial charge < -0.3 is 11.1 Å². The molecular weight excluding hydrogens is 212 g/mol. The molecule has 94 valence electrons. The van der Waals surface area contributed by atoms with Crippen molar-refractivity contribution in [1.82, 2.24) is 5.32 Å². The molecule has 0 saturated carbocycles. The maximum atomic E-state index is 11.8. The summed E-state index contributed by atoms with van der Waals surface area (Å²) in [4.78, 5) is 11.8. The molecule has 17 heavy (non-hydrogen) atoms. The molecule has 0 aliphatic rings. The number of hydrogen-bond donors (Lipinski definition) is 2. The van der Waals surface area contributed by atoms with Crippen molar-refractivity contribution < 1.29 is 4.79 Å². The topological polar surface area (TPSA) is 55.1 Å². The van der Waals surface area contributed by atoms with Gasteiger partial charge in [-0.2, -0.15) is 0 Å². The molecule has 0 fully saturated rings. The summed E-state index contributed by atoms with van der Waals surface area (Å²) >= 11 is 0. The predicted molar refractivity (Wildman–Crippen MR) is 70.7 cm³/mol. The van der Waals surface area contributed by atoms with Crippen molar-refractivity contribution in [2.45, 2.75) is 33.2 Å². The van der Waals surface area contributed by atoms with E-state index in [0.29, 0.717) is 18.9 Å². The minimum atomic E-state index is 0.0587. The summed E-state index contributed by atoms with van der Waals surface area (Å²) in [6, 6.07) is 8.14. The molecule has 1 amide bonds. The molecule has 1 rings (SSSR count). The second-order valence-corrected chi connectivity index (χ2v) is 4.74. The van der Waals surface area contributed by atoms with E-state index in [1.54, 1.807) is 0 Å². The van der Waals surface area contributed by atoms with Gasteiger partial charge >= 0.3 is 0 Å². The highest BCUT2D eigenvalue weighted by molar-refractivity contribution is 5.78. The Bertz CT molecular complexity index is 376. The summed E-state index contributed by atoms with van der Waals surface area (Å²) in [6.07, 6.45) is 0.434. The van der Waals surface area contributed by atoms with Crippen LogP contribution in [0, 0.1) is 12.8 Å². The molecule has 2 unspecified atom stereocenters. The summed E-state index contributed by atoms with van der Waals surface area (Å²) in [7, 11) is 0. The quantitative estimate of drug-likeness (QED) is 0.813. The van der Waals surface area contributed by atoms with E-state index in [0.717, 1.165) is 5.56 Å². The van der Waals surface area contributed by atoms with Crippen molar-refractivity contribution in [3.05, 3.63) is 35.4 Å². The van der Waals surface area contributed by atoms with Gasteiger partial charge in [-0.05, 0) is 31.9 Å². The van der Waals surface area contributed by atoms with Gasteiger partial charge in [0, 0.05) is 6.04 Å². The molecular formula is C14H22N2O. The molecule has 0 aromatic heterocycles. The maximum Gasteiger partial charge on any atom is 0.224 e. The summed E-state index contributed by atoms with van der Waals surface area (Å²) in [5.74, 6) is 0.361. The lowest BCUT2D eigenvalue weighted by molar-refractivity contribution is -0.121. The Hall–Kier alpha value is -1.35. The van der Waals surface area contributed by atoms with Crippen molar-refractivity contribution >= 4 is 5.91 Å². The van der Waals surface area contributed by atoms with Crippen LogP contribution in [0.3, 0.4) is 0 Å². The number of amides is 1. The van der Waals surface area contributed by atoms with Crippen LogP contribution in [0.2, 0.25) is 0 Å². The third-order valence-electron chi connectivity index (χ3n) is 3.06. The summed E-state index contributed by atoms with van der Waals surface area (Å²) in [5, 5.41) is 2.98. The van der Waals surface area contributed by atoms with Crippen LogP contribution >= 0.6 is 0 Å². The molecule has 3 nitrogen and oxygen atoms in total. The van der Waals surface area contributed by atoms with Gasteiger partial charge in [-0.15, -0.1) is 0 Å². The van der Waals surface area contributed by atoms with E-state index >= 15 is 0 Å². The third-order valence-corrected chi connectivity index (χ3v) is 3.06. The lowest BCUT2D eigenvalue weighted by Gasteiger charge is -2.19. The van der Waals surface area contributed by atoms with Gasteiger partial charge in [-0.1, -0.05) is 36.8 Å². The molecule has 3 heteroatoms. The molecule has 2 atom stereocenters. The van der Waals surface area contributed by atoms with Gasteiger partial charge in [0.25, 0.3) is 0 Å². The standard InChI is InChI=1S/C14H22N2O/c1-10-5-4-6-13(7-10)8-14(17)16-12(3)11(2)9-15/h4-7,11-12H,8-9,15H2,1-3H3,(H,16,17). The molecule has 0 heterocycles. The molecule has 0 aliphatic carbocycles. The number of rotatable bonds is 5. The van der Waals surface area contributed by atoms with Gasteiger partial charge in [0.1, 0.15) is 0 Å². The fourth-order valence-electron chi connectivity index (χ4n) is 1.66. The molecule has 0 spiro atoms. The number of nitrogens with two attached hydrogens (primary N) is 1. The van der Waals surface area contributed by atoms with Gasteiger partial charge in [0.05, 0.1) is 6.42 Å². The van der Waals surface area contributed by atoms with Crippen molar-refractivity contribution in [2.75, 3.05) is 6.54 Å². The number of nitrogens with one attached hydrogen (secondary N) is 1. The average molecular weight is 234 g/mol. The van der Waals surface area contributed by atoms with E-state index < -0.39 is 0 Å². The van der Waals surface area contributed by atoms with Crippen LogP contribution in [0.5, 0.6) is 0 Å². The van der Waals surface area contributed by atoms with Crippen molar-refractivity contribution in [1.29, 1.82) is 0 Å². The SMILES string of the molecule is Cc1cccc(CC(=O)NC(C)C(C)CN)c1. The number of carbonyl (C=O) groups is 1. The Morgan fingerprint density at radius 2 is 2.12 bits per heavy atom. The van der Waals surface area contributed by atoms with E-state index in [1.165, 1.54) is 5.56 Å². The van der Waals surface area contributed by atoms with Gasteiger partial charge in [-0.3, -0.25) is 4.79 Å². The third kappa shape index (κ3) is 4.57. The zero-order valence-electron chi connectivity index (χ0n) is 10.9. The minimum absolute atomic E-state index is 0.0587. The van der Waals surface area contributed by atoms with Gasteiger partial charge in [0.2, 0.25) is 5.91 Å². The van der Waals surface area contributed by atoms with Crippen LogP contribution in [0.1, 0.15) is 25.0 Å². The van der Waals surface area contributed by atoms with Gasteiger partial charge in [-0.25, -0.2) is 0 Å². The molecule has 0 radical (unpaired) electrons. The molecule has 0 saturated heterocycles. The lowest BCUT2D eigenvalue weighted by Crippen LogP contribution is -2.40. The predicted octanol–water partition coefficient (Wildman–Crippen LogP) is 1.64. The molecule has 1 aromatic rings. The highest BCUT2D eigenvalue weighted by Crippen LogP contribution is 2.06. The Balaban J connectivity index is 2.50. The van der Waals surface area contributed by atoms with Gasteiger partial charge in [0.15, 0.2) is 0 Å². The van der Waals surface area contributed by atoms with Crippen molar-refractivity contribution in [3.8, 4) is 0 Å². The Labute approximate surface area is 103 Å². The highest BCUT2D eigenvalue weighted by Gasteiger charge is 2.13. The molecule has 0 aliphatic heterocycles. The van der Waals surface area contributed by atoms with E-state index in [9.17, 15) is 4.79 Å². The summed E-state index contributed by atoms with van der Waals surface area (Å²) in [6.45, 7) is 6.65. The molecule has 1 aromatic carbocycles. The Morgan fingerprint density at radius 1 is 1.41 bits per heavy atom. The Kier molecular flexibility index (Phi) is 5.16. The monoisotopic (exact) mass is 234 g/mol. The number of aryl methyl sites for hydroxylation is 1. The second kappa shape index (κ2) is 6.40. The number of carbonyl (C=O) groups excluding carboxylic acids is 1. The van der Waals surface area contributed by atoms with E-state index in [1.807, 2.05) is 45.0 Å². The number of benzene rings is 1. The highest BCUT2D eigenvalue weighted by atomic mass is 16.1. The summed E-state index contributed by atoms with van der Waals surface area (Å²) in [5.41, 5.74) is 7.80. The van der Waals surface area contributed by atoms with Crippen LogP contribution in [0.15, 0.2) is 24.3 Å². The molecule has 0 bridgehead atoms. The fourth-order valence-corrected chi connectivity index (χ4v) is 1.66. The normalized spacial score (nSPS) is 14.1.